The molecule has 0 spiro atoms. The summed E-state index contributed by atoms with van der Waals surface area (Å²) in [7, 11) is 0. The Morgan fingerprint density at radius 2 is 1.95 bits per heavy atom. The first kappa shape index (κ1) is 13.6. The largest absolute Gasteiger partial charge is 0.368 e. The first-order chi connectivity index (χ1) is 9.68. The highest BCUT2D eigenvalue weighted by atomic mass is 19.1. The van der Waals surface area contributed by atoms with Gasteiger partial charge in [0.05, 0.1) is 11.3 Å². The van der Waals surface area contributed by atoms with Gasteiger partial charge < -0.3 is 4.90 Å². The van der Waals surface area contributed by atoms with Gasteiger partial charge in [0, 0.05) is 12.6 Å². The standard InChI is InChI=1S/C17H22FNO/c1-12(20)17-14(18)8-4-10-16(17)19-11-5-7-13-6-2-3-9-15(13)19/h4,8,10,13,15H,2-3,5-7,9,11H2,1H3. The van der Waals surface area contributed by atoms with Crippen LogP contribution >= 0.6 is 0 Å². The van der Waals surface area contributed by atoms with Crippen LogP contribution < -0.4 is 4.90 Å². The second-order valence-electron chi connectivity index (χ2n) is 6.14. The number of fused-ring (bicyclic) bond motifs is 1. The number of ketones is 1. The normalized spacial score (nSPS) is 26.2. The molecule has 1 aliphatic carbocycles. The number of hydrogen-bond donors (Lipinski definition) is 0. The van der Waals surface area contributed by atoms with Crippen molar-refractivity contribution >= 4 is 11.5 Å². The highest BCUT2D eigenvalue weighted by molar-refractivity contribution is 6.00. The summed E-state index contributed by atoms with van der Waals surface area (Å²) in [4.78, 5) is 14.1. The predicted octanol–water partition coefficient (Wildman–Crippen LogP) is 4.19. The van der Waals surface area contributed by atoms with Gasteiger partial charge >= 0.3 is 0 Å². The van der Waals surface area contributed by atoms with E-state index in [-0.39, 0.29) is 17.2 Å². The Morgan fingerprint density at radius 1 is 1.20 bits per heavy atom. The highest BCUT2D eigenvalue weighted by Crippen LogP contribution is 2.39. The Labute approximate surface area is 120 Å². The summed E-state index contributed by atoms with van der Waals surface area (Å²) in [6, 6.07) is 5.53. The van der Waals surface area contributed by atoms with Crippen LogP contribution in [0.1, 0.15) is 55.8 Å². The lowest BCUT2D eigenvalue weighted by Gasteiger charge is -2.46. The van der Waals surface area contributed by atoms with Crippen LogP contribution in [-0.4, -0.2) is 18.4 Å². The van der Waals surface area contributed by atoms with Crippen molar-refractivity contribution in [2.75, 3.05) is 11.4 Å². The molecule has 20 heavy (non-hydrogen) atoms. The quantitative estimate of drug-likeness (QED) is 0.754. The molecule has 2 nitrogen and oxygen atoms in total. The highest BCUT2D eigenvalue weighted by Gasteiger charge is 2.34. The van der Waals surface area contributed by atoms with Crippen LogP contribution in [0.4, 0.5) is 10.1 Å². The van der Waals surface area contributed by atoms with Crippen molar-refractivity contribution in [3.05, 3.63) is 29.6 Å². The second kappa shape index (κ2) is 5.55. The van der Waals surface area contributed by atoms with Gasteiger partial charge in [-0.25, -0.2) is 4.39 Å². The van der Waals surface area contributed by atoms with Crippen LogP contribution in [0.2, 0.25) is 0 Å². The van der Waals surface area contributed by atoms with Crippen LogP contribution in [0.15, 0.2) is 18.2 Å². The average molecular weight is 275 g/mol. The minimum atomic E-state index is -0.382. The Kier molecular flexibility index (Phi) is 3.77. The number of hydrogen-bond acceptors (Lipinski definition) is 2. The van der Waals surface area contributed by atoms with Gasteiger partial charge in [-0.05, 0) is 50.7 Å². The number of rotatable bonds is 2. The number of halogens is 1. The summed E-state index contributed by atoms with van der Waals surface area (Å²) in [5.74, 6) is 0.171. The molecule has 0 N–H and O–H groups in total. The van der Waals surface area contributed by atoms with Crippen LogP contribution in [-0.2, 0) is 0 Å². The molecule has 1 saturated carbocycles. The van der Waals surface area contributed by atoms with Crippen LogP contribution in [0.3, 0.4) is 0 Å². The van der Waals surface area contributed by atoms with E-state index >= 15 is 0 Å². The van der Waals surface area contributed by atoms with Crippen molar-refractivity contribution in [1.82, 2.24) is 0 Å². The van der Waals surface area contributed by atoms with E-state index in [0.717, 1.165) is 24.6 Å². The summed E-state index contributed by atoms with van der Waals surface area (Å²) in [5.41, 5.74) is 1.09. The molecule has 0 aromatic heterocycles. The van der Waals surface area contributed by atoms with Crippen molar-refractivity contribution in [2.24, 2.45) is 5.92 Å². The molecule has 2 aliphatic rings. The number of nitrogens with zero attached hydrogens (tertiary/aromatic N) is 1. The molecule has 2 atom stereocenters. The van der Waals surface area contributed by atoms with E-state index in [1.54, 1.807) is 6.07 Å². The molecule has 3 heteroatoms. The zero-order valence-corrected chi connectivity index (χ0v) is 12.1. The maximum atomic E-state index is 14.0. The number of piperidine rings is 1. The van der Waals surface area contributed by atoms with Crippen molar-refractivity contribution in [1.29, 1.82) is 0 Å². The summed E-state index contributed by atoms with van der Waals surface area (Å²) >= 11 is 0. The molecule has 0 amide bonds. The lowest BCUT2D eigenvalue weighted by atomic mass is 9.78. The average Bonchev–Trinajstić information content (AvgIpc) is 2.46. The number of benzene rings is 1. The van der Waals surface area contributed by atoms with E-state index in [1.807, 2.05) is 6.07 Å². The molecule has 3 rings (SSSR count). The zero-order chi connectivity index (χ0) is 14.1. The van der Waals surface area contributed by atoms with Crippen molar-refractivity contribution in [3.63, 3.8) is 0 Å². The number of carbonyl (C=O) groups excluding carboxylic acids is 1. The number of carbonyl (C=O) groups is 1. The van der Waals surface area contributed by atoms with Gasteiger partial charge in [-0.2, -0.15) is 0 Å². The van der Waals surface area contributed by atoms with E-state index in [2.05, 4.69) is 4.90 Å². The molecule has 2 unspecified atom stereocenters. The molecule has 1 aromatic rings. The minimum absolute atomic E-state index is 0.170. The molecule has 0 bridgehead atoms. The number of Topliss-reactive ketones (excluding diaryl/α,β-unsaturated/α-hetero) is 1. The summed E-state index contributed by atoms with van der Waals surface area (Å²) in [6.45, 7) is 2.41. The monoisotopic (exact) mass is 275 g/mol. The molecule has 108 valence electrons. The molecular weight excluding hydrogens is 253 g/mol. The van der Waals surface area contributed by atoms with E-state index < -0.39 is 0 Å². The Balaban J connectivity index is 1.99. The summed E-state index contributed by atoms with van der Waals surface area (Å²) in [5, 5.41) is 0. The van der Waals surface area contributed by atoms with Gasteiger partial charge in [-0.3, -0.25) is 4.79 Å². The minimum Gasteiger partial charge on any atom is -0.368 e. The van der Waals surface area contributed by atoms with E-state index in [1.165, 1.54) is 45.1 Å². The van der Waals surface area contributed by atoms with Crippen LogP contribution in [0.5, 0.6) is 0 Å². The second-order valence-corrected chi connectivity index (χ2v) is 6.14. The maximum Gasteiger partial charge on any atom is 0.164 e. The third kappa shape index (κ3) is 2.34. The van der Waals surface area contributed by atoms with Crippen LogP contribution in [0, 0.1) is 11.7 Å². The first-order valence-corrected chi connectivity index (χ1v) is 7.74. The van der Waals surface area contributed by atoms with Gasteiger partial charge in [0.2, 0.25) is 0 Å². The van der Waals surface area contributed by atoms with E-state index in [9.17, 15) is 9.18 Å². The summed E-state index contributed by atoms with van der Waals surface area (Å²) in [6.07, 6.45) is 7.46. The molecule has 1 aromatic carbocycles. The van der Waals surface area contributed by atoms with E-state index in [0.29, 0.717) is 6.04 Å². The third-order valence-corrected chi connectivity index (χ3v) is 4.90. The Bertz CT molecular complexity index is 512. The fourth-order valence-electron chi connectivity index (χ4n) is 4.02. The van der Waals surface area contributed by atoms with Gasteiger partial charge in [0.1, 0.15) is 5.82 Å². The SMILES string of the molecule is CC(=O)c1c(F)cccc1N1CCCC2CCCCC21. The Hall–Kier alpha value is -1.38. The molecule has 1 heterocycles. The van der Waals surface area contributed by atoms with Crippen molar-refractivity contribution < 1.29 is 9.18 Å². The predicted molar refractivity (Wildman–Crippen MR) is 78.7 cm³/mol. The smallest absolute Gasteiger partial charge is 0.164 e. The topological polar surface area (TPSA) is 20.3 Å². The van der Waals surface area contributed by atoms with Crippen LogP contribution in [0.25, 0.3) is 0 Å². The van der Waals surface area contributed by atoms with Gasteiger partial charge in [-0.15, -0.1) is 0 Å². The zero-order valence-electron chi connectivity index (χ0n) is 12.1. The first-order valence-electron chi connectivity index (χ1n) is 7.74. The maximum absolute atomic E-state index is 14.0. The number of anilines is 1. The molecular formula is C17H22FNO. The summed E-state index contributed by atoms with van der Waals surface area (Å²) < 4.78 is 14.0. The van der Waals surface area contributed by atoms with Gasteiger partial charge in [0.15, 0.2) is 5.78 Å². The molecule has 0 radical (unpaired) electrons. The van der Waals surface area contributed by atoms with E-state index in [4.69, 9.17) is 0 Å². The third-order valence-electron chi connectivity index (χ3n) is 4.90. The van der Waals surface area contributed by atoms with Gasteiger partial charge in [-0.1, -0.05) is 18.9 Å². The lowest BCUT2D eigenvalue weighted by molar-refractivity contribution is 0.101. The molecule has 1 aliphatic heterocycles. The fourth-order valence-corrected chi connectivity index (χ4v) is 4.02. The fraction of sp³-hybridized carbons (Fsp3) is 0.588. The molecule has 1 saturated heterocycles. The van der Waals surface area contributed by atoms with Crippen molar-refractivity contribution in [2.45, 2.75) is 51.5 Å². The lowest BCUT2D eigenvalue weighted by Crippen LogP contribution is -2.47. The van der Waals surface area contributed by atoms with Crippen molar-refractivity contribution in [3.8, 4) is 0 Å². The Morgan fingerprint density at radius 3 is 2.75 bits per heavy atom. The van der Waals surface area contributed by atoms with Gasteiger partial charge in [0.25, 0.3) is 0 Å². The molecule has 2 fully saturated rings.